The Hall–Kier alpha value is -3.23. The molecule has 9 nitrogen and oxygen atoms in total. The van der Waals surface area contributed by atoms with Crippen LogP contribution in [0, 0.1) is 0 Å². The lowest BCUT2D eigenvalue weighted by atomic mass is 10.2. The molecule has 2 aromatic rings. The number of nitrogens with one attached hydrogen (secondary N) is 1. The molecule has 0 saturated heterocycles. The molecule has 2 rings (SSSR count). The minimum atomic E-state index is -0.619. The van der Waals surface area contributed by atoms with Gasteiger partial charge in [-0.3, -0.25) is 18.7 Å². The molecule has 0 atom stereocenters. The molecular weight excluding hydrogens is 330 g/mol. The van der Waals surface area contributed by atoms with Crippen LogP contribution in [0.15, 0.2) is 27.8 Å². The van der Waals surface area contributed by atoms with Gasteiger partial charge in [-0.1, -0.05) is 0 Å². The zero-order valence-corrected chi connectivity index (χ0v) is 14.6. The first-order valence-electron chi connectivity index (χ1n) is 7.22. The lowest BCUT2D eigenvalue weighted by Gasteiger charge is -2.15. The van der Waals surface area contributed by atoms with Crippen LogP contribution in [0.5, 0.6) is 17.2 Å². The smallest absolute Gasteiger partial charge is 0.331 e. The molecule has 0 aliphatic carbocycles. The predicted molar refractivity (Wildman–Crippen MR) is 91.0 cm³/mol. The third-order valence-corrected chi connectivity index (χ3v) is 3.68. The molecule has 9 heteroatoms. The lowest BCUT2D eigenvalue weighted by Crippen LogP contribution is -2.40. The van der Waals surface area contributed by atoms with Crippen molar-refractivity contribution in [3.8, 4) is 17.2 Å². The molecule has 0 unspecified atom stereocenters. The van der Waals surface area contributed by atoms with Crippen molar-refractivity contribution in [2.75, 3.05) is 26.6 Å². The molecule has 0 saturated carbocycles. The number of aromatic nitrogens is 2. The number of carbonyl (C=O) groups excluding carboxylic acids is 1. The van der Waals surface area contributed by atoms with E-state index in [0.29, 0.717) is 22.9 Å². The largest absolute Gasteiger partial charge is 0.493 e. The second kappa shape index (κ2) is 7.12. The molecule has 134 valence electrons. The van der Waals surface area contributed by atoms with Gasteiger partial charge in [-0.2, -0.15) is 0 Å². The van der Waals surface area contributed by atoms with Gasteiger partial charge in [-0.15, -0.1) is 0 Å². The number of anilines is 1. The Morgan fingerprint density at radius 3 is 1.96 bits per heavy atom. The first-order chi connectivity index (χ1) is 11.8. The maximum absolute atomic E-state index is 12.5. The Kier molecular flexibility index (Phi) is 5.16. The van der Waals surface area contributed by atoms with Crippen molar-refractivity contribution in [3.63, 3.8) is 0 Å². The van der Waals surface area contributed by atoms with E-state index in [4.69, 9.17) is 14.2 Å². The lowest BCUT2D eigenvalue weighted by molar-refractivity contribution is 0.101. The van der Waals surface area contributed by atoms with Crippen LogP contribution < -0.4 is 30.8 Å². The predicted octanol–water partition coefficient (Wildman–Crippen LogP) is 0.362. The highest BCUT2D eigenvalue weighted by Crippen LogP contribution is 2.39. The van der Waals surface area contributed by atoms with Gasteiger partial charge in [-0.25, -0.2) is 4.79 Å². The summed E-state index contributed by atoms with van der Waals surface area (Å²) in [6.45, 7) is 0. The summed E-state index contributed by atoms with van der Waals surface area (Å²) in [7, 11) is 7.12. The number of hydrogen-bond donors (Lipinski definition) is 1. The highest BCUT2D eigenvalue weighted by atomic mass is 16.5. The summed E-state index contributed by atoms with van der Waals surface area (Å²) < 4.78 is 17.7. The van der Waals surface area contributed by atoms with E-state index in [2.05, 4.69) is 5.32 Å². The topological polar surface area (TPSA) is 101 Å². The fourth-order valence-corrected chi connectivity index (χ4v) is 2.30. The van der Waals surface area contributed by atoms with Gasteiger partial charge in [0, 0.05) is 38.0 Å². The van der Waals surface area contributed by atoms with Gasteiger partial charge < -0.3 is 19.5 Å². The number of rotatable bonds is 5. The van der Waals surface area contributed by atoms with Crippen LogP contribution >= 0.6 is 0 Å². The van der Waals surface area contributed by atoms with Crippen LogP contribution in [-0.2, 0) is 14.1 Å². The Morgan fingerprint density at radius 2 is 1.48 bits per heavy atom. The monoisotopic (exact) mass is 349 g/mol. The fourth-order valence-electron chi connectivity index (χ4n) is 2.30. The summed E-state index contributed by atoms with van der Waals surface area (Å²) in [5.41, 5.74) is -0.879. The number of nitrogens with zero attached hydrogens (tertiary/aromatic N) is 2. The van der Waals surface area contributed by atoms with E-state index in [0.717, 1.165) is 15.2 Å². The van der Waals surface area contributed by atoms with Crippen molar-refractivity contribution in [2.45, 2.75) is 0 Å². The van der Waals surface area contributed by atoms with E-state index >= 15 is 0 Å². The van der Waals surface area contributed by atoms with Crippen LogP contribution in [0.25, 0.3) is 0 Å². The number of carbonyl (C=O) groups is 1. The van der Waals surface area contributed by atoms with Gasteiger partial charge in [0.05, 0.1) is 21.3 Å². The van der Waals surface area contributed by atoms with Crippen molar-refractivity contribution in [3.05, 3.63) is 44.7 Å². The van der Waals surface area contributed by atoms with E-state index in [9.17, 15) is 14.4 Å². The third-order valence-electron chi connectivity index (χ3n) is 3.68. The quantitative estimate of drug-likeness (QED) is 0.837. The molecule has 25 heavy (non-hydrogen) atoms. The molecular formula is C16H19N3O6. The van der Waals surface area contributed by atoms with E-state index in [1.165, 1.54) is 35.4 Å². The number of benzene rings is 1. The first kappa shape index (κ1) is 18.1. The van der Waals surface area contributed by atoms with Gasteiger partial charge >= 0.3 is 5.69 Å². The first-order valence-corrected chi connectivity index (χ1v) is 7.22. The SMILES string of the molecule is COc1cc(NC(=O)c2cc(=O)n(C)c(=O)n2C)cc(OC)c1OC. The van der Waals surface area contributed by atoms with Gasteiger partial charge in [0.1, 0.15) is 5.69 Å². The zero-order chi connectivity index (χ0) is 18.7. The maximum Gasteiger partial charge on any atom is 0.331 e. The third kappa shape index (κ3) is 3.35. The second-order valence-electron chi connectivity index (χ2n) is 5.14. The van der Waals surface area contributed by atoms with Crippen LogP contribution in [0.1, 0.15) is 10.5 Å². The summed E-state index contributed by atoms with van der Waals surface area (Å²) >= 11 is 0. The Morgan fingerprint density at radius 1 is 0.920 bits per heavy atom. The van der Waals surface area contributed by atoms with Crippen molar-refractivity contribution in [1.29, 1.82) is 0 Å². The van der Waals surface area contributed by atoms with Crippen molar-refractivity contribution in [2.24, 2.45) is 14.1 Å². The molecule has 1 heterocycles. The normalized spacial score (nSPS) is 10.3. The molecule has 1 N–H and O–H groups in total. The summed E-state index contributed by atoms with van der Waals surface area (Å²) in [5, 5.41) is 2.61. The highest BCUT2D eigenvalue weighted by Gasteiger charge is 2.17. The Labute approximate surface area is 143 Å². The van der Waals surface area contributed by atoms with Crippen LogP contribution in [0.3, 0.4) is 0 Å². The van der Waals surface area contributed by atoms with Gasteiger partial charge in [0.2, 0.25) is 5.75 Å². The zero-order valence-electron chi connectivity index (χ0n) is 14.6. The van der Waals surface area contributed by atoms with Crippen molar-refractivity contribution >= 4 is 11.6 Å². The van der Waals surface area contributed by atoms with Crippen molar-refractivity contribution in [1.82, 2.24) is 9.13 Å². The van der Waals surface area contributed by atoms with E-state index in [-0.39, 0.29) is 5.69 Å². The van der Waals surface area contributed by atoms with Gasteiger partial charge in [0.25, 0.3) is 11.5 Å². The molecule has 0 spiro atoms. The molecule has 0 radical (unpaired) electrons. The summed E-state index contributed by atoms with van der Waals surface area (Å²) in [5.74, 6) is 0.473. The van der Waals surface area contributed by atoms with E-state index in [1.54, 1.807) is 12.1 Å². The minimum Gasteiger partial charge on any atom is -0.493 e. The summed E-state index contributed by atoms with van der Waals surface area (Å²) in [6.07, 6.45) is 0. The maximum atomic E-state index is 12.5. The van der Waals surface area contributed by atoms with Crippen molar-refractivity contribution < 1.29 is 19.0 Å². The second-order valence-corrected chi connectivity index (χ2v) is 5.14. The summed E-state index contributed by atoms with van der Waals surface area (Å²) in [4.78, 5) is 36.2. The van der Waals surface area contributed by atoms with Gasteiger partial charge in [-0.05, 0) is 0 Å². The fraction of sp³-hybridized carbons (Fsp3) is 0.312. The van der Waals surface area contributed by atoms with E-state index < -0.39 is 17.2 Å². The number of hydrogen-bond acceptors (Lipinski definition) is 6. The van der Waals surface area contributed by atoms with Gasteiger partial charge in [0.15, 0.2) is 11.5 Å². The minimum absolute atomic E-state index is 0.0677. The Balaban J connectivity index is 2.45. The highest BCUT2D eigenvalue weighted by molar-refractivity contribution is 6.03. The van der Waals surface area contributed by atoms with Crippen LogP contribution in [0.2, 0.25) is 0 Å². The number of ether oxygens (including phenoxy) is 3. The molecule has 0 aliphatic heterocycles. The average molecular weight is 349 g/mol. The molecule has 1 amide bonds. The number of methoxy groups -OCH3 is 3. The number of amides is 1. The van der Waals surface area contributed by atoms with Crippen LogP contribution in [0.4, 0.5) is 5.69 Å². The summed E-state index contributed by atoms with van der Waals surface area (Å²) in [6, 6.07) is 4.17. The van der Waals surface area contributed by atoms with E-state index in [1.807, 2.05) is 0 Å². The average Bonchev–Trinajstić information content (AvgIpc) is 2.61. The molecule has 0 bridgehead atoms. The van der Waals surface area contributed by atoms with Crippen LogP contribution in [-0.4, -0.2) is 36.4 Å². The molecule has 0 fully saturated rings. The Bertz CT molecular complexity index is 903. The standard InChI is InChI=1S/C16H19N3O6/c1-18-10(8-13(20)19(2)16(18)22)15(21)17-9-6-11(23-3)14(25-5)12(7-9)24-4/h6-8H,1-5H3,(H,17,21). The molecule has 0 aliphatic rings. The molecule has 1 aromatic carbocycles. The molecule has 1 aromatic heterocycles.